The molecule has 0 saturated carbocycles. The highest BCUT2D eigenvalue weighted by molar-refractivity contribution is 9.11. The van der Waals surface area contributed by atoms with E-state index in [0.717, 1.165) is 62.6 Å². The summed E-state index contributed by atoms with van der Waals surface area (Å²) in [6.07, 6.45) is 0.0431. The summed E-state index contributed by atoms with van der Waals surface area (Å²) in [6.45, 7) is 6.40. The minimum Gasteiger partial charge on any atom is -0.506 e. The number of morpholine rings is 2. The van der Waals surface area contributed by atoms with Gasteiger partial charge < -0.3 is 14.6 Å². The van der Waals surface area contributed by atoms with E-state index in [9.17, 15) is 5.11 Å². The van der Waals surface area contributed by atoms with Crippen LogP contribution in [0.4, 0.5) is 0 Å². The van der Waals surface area contributed by atoms with E-state index in [4.69, 9.17) is 9.47 Å². The predicted octanol–water partition coefficient (Wildman–Crippen LogP) is 2.58. The van der Waals surface area contributed by atoms with E-state index in [-0.39, 0.29) is 6.17 Å². The number of nitrogens with zero attached hydrogens (tertiary/aromatic N) is 2. The molecule has 2 saturated heterocycles. The largest absolute Gasteiger partial charge is 0.506 e. The fraction of sp³-hybridized carbons (Fsp3) is 0.600. The summed E-state index contributed by atoms with van der Waals surface area (Å²) in [6, 6.07) is 3.88. The van der Waals surface area contributed by atoms with E-state index in [1.165, 1.54) is 0 Å². The summed E-state index contributed by atoms with van der Waals surface area (Å²) in [7, 11) is 0. The summed E-state index contributed by atoms with van der Waals surface area (Å²) in [4.78, 5) is 4.76. The van der Waals surface area contributed by atoms with Crippen molar-refractivity contribution in [2.45, 2.75) is 6.17 Å². The summed E-state index contributed by atoms with van der Waals surface area (Å²) in [5.41, 5.74) is 0.921. The molecule has 22 heavy (non-hydrogen) atoms. The Hall–Kier alpha value is -0.180. The van der Waals surface area contributed by atoms with Crippen molar-refractivity contribution in [3.8, 4) is 5.75 Å². The molecule has 2 aliphatic heterocycles. The summed E-state index contributed by atoms with van der Waals surface area (Å²) in [5.74, 6) is 0.311. The monoisotopic (exact) mass is 434 g/mol. The highest BCUT2D eigenvalue weighted by Crippen LogP contribution is 2.39. The van der Waals surface area contributed by atoms with Gasteiger partial charge in [0.2, 0.25) is 0 Å². The van der Waals surface area contributed by atoms with Crippen LogP contribution in [0.2, 0.25) is 0 Å². The molecular formula is C15H20Br2N2O3. The minimum absolute atomic E-state index is 0.0431. The normalized spacial score (nSPS) is 21.4. The molecule has 1 N–H and O–H groups in total. The van der Waals surface area contributed by atoms with Gasteiger partial charge in [-0.05, 0) is 28.1 Å². The number of rotatable bonds is 3. The van der Waals surface area contributed by atoms with Crippen LogP contribution in [-0.2, 0) is 9.47 Å². The molecule has 2 aliphatic rings. The summed E-state index contributed by atoms with van der Waals surface area (Å²) >= 11 is 6.98. The number of phenols is 1. The first-order valence-electron chi connectivity index (χ1n) is 7.48. The predicted molar refractivity (Wildman–Crippen MR) is 91.0 cm³/mol. The van der Waals surface area contributed by atoms with Gasteiger partial charge in [0.25, 0.3) is 0 Å². The van der Waals surface area contributed by atoms with E-state index >= 15 is 0 Å². The van der Waals surface area contributed by atoms with Crippen molar-refractivity contribution in [3.05, 3.63) is 26.6 Å². The minimum atomic E-state index is 0.0431. The average molecular weight is 436 g/mol. The van der Waals surface area contributed by atoms with E-state index < -0.39 is 0 Å². The second-order valence-electron chi connectivity index (χ2n) is 5.50. The van der Waals surface area contributed by atoms with Gasteiger partial charge in [0.1, 0.15) is 5.75 Å². The molecular weight excluding hydrogens is 416 g/mol. The van der Waals surface area contributed by atoms with Crippen LogP contribution >= 0.6 is 31.9 Å². The molecule has 1 aromatic rings. The summed E-state index contributed by atoms with van der Waals surface area (Å²) < 4.78 is 12.6. The van der Waals surface area contributed by atoms with Gasteiger partial charge in [-0.15, -0.1) is 0 Å². The van der Waals surface area contributed by atoms with Crippen molar-refractivity contribution in [1.29, 1.82) is 0 Å². The Morgan fingerprint density at radius 2 is 1.41 bits per heavy atom. The van der Waals surface area contributed by atoms with Gasteiger partial charge in [0.15, 0.2) is 0 Å². The highest BCUT2D eigenvalue weighted by atomic mass is 79.9. The Labute approximate surface area is 147 Å². The van der Waals surface area contributed by atoms with Crippen molar-refractivity contribution in [2.24, 2.45) is 0 Å². The maximum atomic E-state index is 10.6. The lowest BCUT2D eigenvalue weighted by molar-refractivity contribution is -0.0682. The standard InChI is InChI=1S/C15H20Br2N2O3/c16-11-9-12(14(20)13(17)10-11)15(18-1-5-21-6-2-18)19-3-7-22-8-4-19/h9-10,15,20H,1-8H2. The van der Waals surface area contributed by atoms with Crippen molar-refractivity contribution >= 4 is 31.9 Å². The molecule has 0 amide bonds. The summed E-state index contributed by atoms with van der Waals surface area (Å²) in [5, 5.41) is 10.6. The second-order valence-corrected chi connectivity index (χ2v) is 7.27. The van der Waals surface area contributed by atoms with E-state index in [1.807, 2.05) is 12.1 Å². The molecule has 7 heteroatoms. The van der Waals surface area contributed by atoms with Crippen LogP contribution < -0.4 is 0 Å². The molecule has 2 fully saturated rings. The number of halogens is 2. The molecule has 0 aliphatic carbocycles. The maximum absolute atomic E-state index is 10.6. The second kappa shape index (κ2) is 7.59. The van der Waals surface area contributed by atoms with E-state index in [2.05, 4.69) is 41.7 Å². The zero-order chi connectivity index (χ0) is 15.5. The van der Waals surface area contributed by atoms with Gasteiger partial charge >= 0.3 is 0 Å². The van der Waals surface area contributed by atoms with Gasteiger partial charge in [-0.3, -0.25) is 9.80 Å². The quantitative estimate of drug-likeness (QED) is 0.790. The smallest absolute Gasteiger partial charge is 0.135 e. The third-order valence-electron chi connectivity index (χ3n) is 4.12. The highest BCUT2D eigenvalue weighted by Gasteiger charge is 2.32. The topological polar surface area (TPSA) is 45.2 Å². The maximum Gasteiger partial charge on any atom is 0.135 e. The third-order valence-corrected chi connectivity index (χ3v) is 5.18. The first-order chi connectivity index (χ1) is 10.7. The molecule has 5 nitrogen and oxygen atoms in total. The van der Waals surface area contributed by atoms with Gasteiger partial charge in [0, 0.05) is 36.2 Å². The average Bonchev–Trinajstić information content (AvgIpc) is 2.54. The van der Waals surface area contributed by atoms with Crippen molar-refractivity contribution < 1.29 is 14.6 Å². The first kappa shape index (κ1) is 16.7. The molecule has 0 atom stereocenters. The molecule has 3 rings (SSSR count). The number of hydrogen-bond donors (Lipinski definition) is 1. The zero-order valence-electron chi connectivity index (χ0n) is 12.3. The van der Waals surface area contributed by atoms with Gasteiger partial charge in [0.05, 0.1) is 37.1 Å². The van der Waals surface area contributed by atoms with Crippen LogP contribution in [0.3, 0.4) is 0 Å². The Bertz CT molecular complexity index is 500. The van der Waals surface area contributed by atoms with Crippen LogP contribution in [0, 0.1) is 0 Å². The number of phenolic OH excluding ortho intramolecular Hbond substituents is 1. The van der Waals surface area contributed by atoms with Crippen LogP contribution in [-0.4, -0.2) is 67.5 Å². The lowest BCUT2D eigenvalue weighted by Gasteiger charge is -2.43. The van der Waals surface area contributed by atoms with Crippen LogP contribution in [0.25, 0.3) is 0 Å². The number of benzene rings is 1. The molecule has 122 valence electrons. The third kappa shape index (κ3) is 3.66. The van der Waals surface area contributed by atoms with E-state index in [1.54, 1.807) is 0 Å². The van der Waals surface area contributed by atoms with Crippen LogP contribution in [0.15, 0.2) is 21.1 Å². The van der Waals surface area contributed by atoms with Crippen molar-refractivity contribution in [2.75, 3.05) is 52.6 Å². The van der Waals surface area contributed by atoms with Gasteiger partial charge in [-0.2, -0.15) is 0 Å². The molecule has 0 bridgehead atoms. The molecule has 0 unspecified atom stereocenters. The first-order valence-corrected chi connectivity index (χ1v) is 9.07. The SMILES string of the molecule is Oc1c(Br)cc(Br)cc1C(N1CCOCC1)N1CCOCC1. The lowest BCUT2D eigenvalue weighted by Crippen LogP contribution is -2.50. The fourth-order valence-electron chi connectivity index (χ4n) is 3.05. The molecule has 1 aromatic carbocycles. The molecule has 2 heterocycles. The molecule has 0 radical (unpaired) electrons. The number of aromatic hydroxyl groups is 1. The Kier molecular flexibility index (Phi) is 5.75. The Morgan fingerprint density at radius 1 is 0.909 bits per heavy atom. The lowest BCUT2D eigenvalue weighted by atomic mass is 10.1. The van der Waals surface area contributed by atoms with Crippen molar-refractivity contribution in [3.63, 3.8) is 0 Å². The van der Waals surface area contributed by atoms with Gasteiger partial charge in [-0.25, -0.2) is 0 Å². The fourth-order valence-corrected chi connectivity index (χ4v) is 4.31. The molecule has 0 spiro atoms. The zero-order valence-corrected chi connectivity index (χ0v) is 15.5. The van der Waals surface area contributed by atoms with Gasteiger partial charge in [-0.1, -0.05) is 15.9 Å². The van der Waals surface area contributed by atoms with Crippen molar-refractivity contribution in [1.82, 2.24) is 9.80 Å². The number of ether oxygens (including phenoxy) is 2. The molecule has 0 aromatic heterocycles. The van der Waals surface area contributed by atoms with Crippen LogP contribution in [0.1, 0.15) is 11.7 Å². The number of hydrogen-bond acceptors (Lipinski definition) is 5. The van der Waals surface area contributed by atoms with Crippen LogP contribution in [0.5, 0.6) is 5.75 Å². The van der Waals surface area contributed by atoms with E-state index in [0.29, 0.717) is 10.2 Å². The Morgan fingerprint density at radius 3 is 1.91 bits per heavy atom. The Balaban J connectivity index is 1.96.